The molecule has 2 amide bonds. The summed E-state index contributed by atoms with van der Waals surface area (Å²) in [5.41, 5.74) is 11.3. The number of carbonyl (C=O) groups is 2. The SMILES string of the molecule is CCCCCCCCCCC(CCC(CCCCCCCCCC)C(N)=O)C(N)=O. The monoisotopic (exact) mass is 424 g/mol. The van der Waals surface area contributed by atoms with E-state index in [-0.39, 0.29) is 23.7 Å². The summed E-state index contributed by atoms with van der Waals surface area (Å²) in [6, 6.07) is 0. The number of unbranched alkanes of at least 4 members (excludes halogenated alkanes) is 14. The summed E-state index contributed by atoms with van der Waals surface area (Å²) in [6.07, 6.45) is 23.2. The van der Waals surface area contributed by atoms with Crippen molar-refractivity contribution in [2.45, 2.75) is 142 Å². The van der Waals surface area contributed by atoms with Crippen LogP contribution in [0.4, 0.5) is 0 Å². The number of nitrogens with two attached hydrogens (primary N) is 2. The lowest BCUT2D eigenvalue weighted by Crippen LogP contribution is -2.27. The van der Waals surface area contributed by atoms with Crippen LogP contribution in [-0.2, 0) is 9.59 Å². The Morgan fingerprint density at radius 2 is 0.733 bits per heavy atom. The van der Waals surface area contributed by atoms with E-state index in [4.69, 9.17) is 11.5 Å². The van der Waals surface area contributed by atoms with Crippen molar-refractivity contribution in [1.29, 1.82) is 0 Å². The second-order valence-electron chi connectivity index (χ2n) is 9.30. The van der Waals surface area contributed by atoms with Gasteiger partial charge in [-0.15, -0.1) is 0 Å². The van der Waals surface area contributed by atoms with Gasteiger partial charge in [-0.2, -0.15) is 0 Å². The van der Waals surface area contributed by atoms with E-state index in [2.05, 4.69) is 13.8 Å². The molecule has 0 aliphatic heterocycles. The number of amides is 2. The summed E-state index contributed by atoms with van der Waals surface area (Å²) >= 11 is 0. The van der Waals surface area contributed by atoms with Crippen molar-refractivity contribution in [3.63, 3.8) is 0 Å². The van der Waals surface area contributed by atoms with Gasteiger partial charge in [0.2, 0.25) is 11.8 Å². The quantitative estimate of drug-likeness (QED) is 0.172. The van der Waals surface area contributed by atoms with Gasteiger partial charge in [0.1, 0.15) is 0 Å². The van der Waals surface area contributed by atoms with E-state index in [0.29, 0.717) is 12.8 Å². The van der Waals surface area contributed by atoms with Gasteiger partial charge in [0.15, 0.2) is 0 Å². The van der Waals surface area contributed by atoms with Crippen LogP contribution in [0.25, 0.3) is 0 Å². The zero-order valence-electron chi connectivity index (χ0n) is 20.3. The zero-order valence-corrected chi connectivity index (χ0v) is 20.3. The number of carbonyl (C=O) groups excluding carboxylic acids is 2. The molecule has 0 aromatic heterocycles. The lowest BCUT2D eigenvalue weighted by atomic mass is 9.88. The third-order valence-electron chi connectivity index (χ3n) is 6.48. The molecule has 178 valence electrons. The molecule has 2 unspecified atom stereocenters. The molecule has 4 N–H and O–H groups in total. The zero-order chi connectivity index (χ0) is 22.5. The van der Waals surface area contributed by atoms with Gasteiger partial charge in [0.05, 0.1) is 0 Å². The third kappa shape index (κ3) is 17.8. The maximum atomic E-state index is 11.8. The van der Waals surface area contributed by atoms with Crippen molar-refractivity contribution in [2.24, 2.45) is 23.3 Å². The highest BCUT2D eigenvalue weighted by atomic mass is 16.1. The first kappa shape index (κ1) is 28.9. The Bertz CT molecular complexity index is 374. The van der Waals surface area contributed by atoms with Gasteiger partial charge in [-0.3, -0.25) is 9.59 Å². The molecule has 0 aromatic carbocycles. The minimum absolute atomic E-state index is 0.106. The molecule has 0 heterocycles. The normalized spacial score (nSPS) is 13.3. The van der Waals surface area contributed by atoms with E-state index >= 15 is 0 Å². The number of hydrogen-bond donors (Lipinski definition) is 2. The topological polar surface area (TPSA) is 86.2 Å². The fourth-order valence-electron chi connectivity index (χ4n) is 4.31. The summed E-state index contributed by atoms with van der Waals surface area (Å²) in [7, 11) is 0. The van der Waals surface area contributed by atoms with Gasteiger partial charge in [0, 0.05) is 11.8 Å². The molecule has 0 fully saturated rings. The van der Waals surface area contributed by atoms with E-state index in [1.54, 1.807) is 0 Å². The predicted molar refractivity (Wildman–Crippen MR) is 129 cm³/mol. The lowest BCUT2D eigenvalue weighted by Gasteiger charge is -2.17. The third-order valence-corrected chi connectivity index (χ3v) is 6.48. The van der Waals surface area contributed by atoms with Gasteiger partial charge in [0.25, 0.3) is 0 Å². The van der Waals surface area contributed by atoms with Crippen molar-refractivity contribution in [3.05, 3.63) is 0 Å². The molecular weight excluding hydrogens is 372 g/mol. The molecule has 0 saturated heterocycles. The maximum Gasteiger partial charge on any atom is 0.220 e. The number of rotatable bonds is 23. The fourth-order valence-corrected chi connectivity index (χ4v) is 4.31. The Balaban J connectivity index is 3.97. The Morgan fingerprint density at radius 1 is 0.467 bits per heavy atom. The minimum atomic E-state index is -0.215. The molecule has 0 saturated carbocycles. The van der Waals surface area contributed by atoms with Crippen LogP contribution >= 0.6 is 0 Å². The van der Waals surface area contributed by atoms with Crippen LogP contribution in [0.2, 0.25) is 0 Å². The second-order valence-corrected chi connectivity index (χ2v) is 9.30. The van der Waals surface area contributed by atoms with Crippen molar-refractivity contribution < 1.29 is 9.59 Å². The van der Waals surface area contributed by atoms with E-state index < -0.39 is 0 Å². The van der Waals surface area contributed by atoms with Crippen molar-refractivity contribution in [1.82, 2.24) is 0 Å². The van der Waals surface area contributed by atoms with Crippen LogP contribution in [0.3, 0.4) is 0 Å². The van der Waals surface area contributed by atoms with Gasteiger partial charge in [-0.05, 0) is 25.7 Å². The molecule has 0 aliphatic carbocycles. The molecule has 2 atom stereocenters. The lowest BCUT2D eigenvalue weighted by molar-refractivity contribution is -0.124. The smallest absolute Gasteiger partial charge is 0.220 e. The first-order valence-electron chi connectivity index (χ1n) is 13.1. The van der Waals surface area contributed by atoms with Crippen LogP contribution in [0.1, 0.15) is 142 Å². The van der Waals surface area contributed by atoms with Crippen LogP contribution in [0.15, 0.2) is 0 Å². The summed E-state index contributed by atoms with van der Waals surface area (Å²) in [6.45, 7) is 4.48. The molecule has 4 heteroatoms. The summed E-state index contributed by atoms with van der Waals surface area (Å²) in [5.74, 6) is -0.641. The van der Waals surface area contributed by atoms with Crippen LogP contribution < -0.4 is 11.5 Å². The second kappa shape index (κ2) is 21.2. The highest BCUT2D eigenvalue weighted by Crippen LogP contribution is 2.23. The van der Waals surface area contributed by atoms with E-state index in [0.717, 1.165) is 25.7 Å². The molecule has 0 bridgehead atoms. The van der Waals surface area contributed by atoms with Crippen LogP contribution in [-0.4, -0.2) is 11.8 Å². The molecule has 30 heavy (non-hydrogen) atoms. The Hall–Kier alpha value is -1.06. The highest BCUT2D eigenvalue weighted by molar-refractivity contribution is 5.78. The van der Waals surface area contributed by atoms with Gasteiger partial charge < -0.3 is 11.5 Å². The molecular formula is C26H52N2O2. The molecule has 0 radical (unpaired) electrons. The van der Waals surface area contributed by atoms with E-state index in [9.17, 15) is 9.59 Å². The van der Waals surface area contributed by atoms with E-state index in [1.165, 1.54) is 89.9 Å². The van der Waals surface area contributed by atoms with Gasteiger partial charge in [-0.1, -0.05) is 117 Å². The summed E-state index contributed by atoms with van der Waals surface area (Å²) in [4.78, 5) is 23.7. The minimum Gasteiger partial charge on any atom is -0.369 e. The van der Waals surface area contributed by atoms with Crippen molar-refractivity contribution in [3.8, 4) is 0 Å². The van der Waals surface area contributed by atoms with Crippen LogP contribution in [0.5, 0.6) is 0 Å². The maximum absolute atomic E-state index is 11.8. The molecule has 4 nitrogen and oxygen atoms in total. The fraction of sp³-hybridized carbons (Fsp3) is 0.923. The Labute approximate surface area is 187 Å². The molecule has 0 spiro atoms. The standard InChI is InChI=1S/C26H52N2O2/c1-3-5-7-9-11-13-15-17-19-23(25(27)29)21-22-24(26(28)30)20-18-16-14-12-10-8-6-4-2/h23-24H,3-22H2,1-2H3,(H2,27,29)(H2,28,30). The average Bonchev–Trinajstić information content (AvgIpc) is 2.71. The van der Waals surface area contributed by atoms with Crippen molar-refractivity contribution in [2.75, 3.05) is 0 Å². The predicted octanol–water partition coefficient (Wildman–Crippen LogP) is 7.03. The highest BCUT2D eigenvalue weighted by Gasteiger charge is 2.20. The molecule has 0 aliphatic rings. The van der Waals surface area contributed by atoms with E-state index in [1.807, 2.05) is 0 Å². The average molecular weight is 425 g/mol. The summed E-state index contributed by atoms with van der Waals surface area (Å²) < 4.78 is 0. The molecule has 0 aromatic rings. The Kier molecular flexibility index (Phi) is 20.4. The number of primary amides is 2. The first-order chi connectivity index (χ1) is 14.5. The number of hydrogen-bond acceptors (Lipinski definition) is 2. The van der Waals surface area contributed by atoms with Gasteiger partial charge in [-0.25, -0.2) is 0 Å². The van der Waals surface area contributed by atoms with Crippen LogP contribution in [0, 0.1) is 11.8 Å². The van der Waals surface area contributed by atoms with Gasteiger partial charge >= 0.3 is 0 Å². The van der Waals surface area contributed by atoms with Crippen molar-refractivity contribution >= 4 is 11.8 Å². The first-order valence-corrected chi connectivity index (χ1v) is 13.1. The summed E-state index contributed by atoms with van der Waals surface area (Å²) in [5, 5.41) is 0. The largest absolute Gasteiger partial charge is 0.369 e. The Morgan fingerprint density at radius 3 is 1.00 bits per heavy atom. The molecule has 0 rings (SSSR count).